The highest BCUT2D eigenvalue weighted by molar-refractivity contribution is 8.15. The van der Waals surface area contributed by atoms with E-state index in [4.69, 9.17) is 42.6 Å². The third-order valence-corrected chi connectivity index (χ3v) is 8.86. The van der Waals surface area contributed by atoms with Gasteiger partial charge in [-0.05, 0) is 32.9 Å². The predicted molar refractivity (Wildman–Crippen MR) is 186 cm³/mol. The highest BCUT2D eigenvalue weighted by Crippen LogP contribution is 2.42. The van der Waals surface area contributed by atoms with Gasteiger partial charge in [0, 0.05) is 44.2 Å². The van der Waals surface area contributed by atoms with Gasteiger partial charge >= 0.3 is 14.1 Å². The van der Waals surface area contributed by atoms with Gasteiger partial charge in [0.1, 0.15) is 39.4 Å². The van der Waals surface area contributed by atoms with Gasteiger partial charge in [0.25, 0.3) is 5.91 Å². The maximum Gasteiger partial charge on any atom is 0.324 e. The molecule has 0 saturated heterocycles. The molecule has 0 unspecified atom stereocenters. The van der Waals surface area contributed by atoms with Gasteiger partial charge in [-0.3, -0.25) is 4.79 Å². The minimum atomic E-state index is -3.92. The fraction of sp³-hybridized carbons (Fsp3) is 0.393. The smallest absolute Gasteiger partial charge is 0.324 e. The van der Waals surface area contributed by atoms with Crippen LogP contribution in [0.3, 0.4) is 0 Å². The Hall–Kier alpha value is -3.64. The zero-order chi connectivity index (χ0) is 35.8. The van der Waals surface area contributed by atoms with Crippen LogP contribution in [0.4, 0.5) is 10.1 Å². The molecule has 0 aliphatic rings. The van der Waals surface area contributed by atoms with Gasteiger partial charge in [-0.15, -0.1) is 0 Å². The number of hydrogen-bond acceptors (Lipinski definition) is 12. The molecule has 1 amide bonds. The summed E-state index contributed by atoms with van der Waals surface area (Å²) in [7, 11) is 4.48. The Balaban J connectivity index is 0.000000506. The van der Waals surface area contributed by atoms with E-state index in [1.165, 1.54) is 42.5 Å². The number of carbonyl (C=O) groups is 1. The van der Waals surface area contributed by atoms with Crippen molar-refractivity contribution < 1.29 is 37.0 Å². The van der Waals surface area contributed by atoms with E-state index in [9.17, 15) is 17.6 Å². The number of oxime groups is 4. The van der Waals surface area contributed by atoms with Crippen molar-refractivity contribution in [1.82, 2.24) is 9.62 Å². The molecular weight excluding hydrogens is 700 g/mol. The number of amides is 1. The highest BCUT2D eigenvalue weighted by atomic mass is 35.5. The largest absolute Gasteiger partial charge is 0.399 e. The third-order valence-electron chi connectivity index (χ3n) is 5.52. The molecular formula is C28H38Cl2FN7O7S2. The van der Waals surface area contributed by atoms with Gasteiger partial charge in [-0.2, -0.15) is 20.8 Å². The van der Waals surface area contributed by atoms with Crippen molar-refractivity contribution in [3.05, 3.63) is 65.2 Å². The number of nitrogens with one attached hydrogen (secondary N) is 1. The van der Waals surface area contributed by atoms with Gasteiger partial charge in [-0.1, -0.05) is 85.8 Å². The normalized spacial score (nSPS) is 13.0. The number of hydrogen-bond donors (Lipinski definition) is 1. The van der Waals surface area contributed by atoms with Crippen LogP contribution in [0, 0.1) is 6.92 Å². The second kappa shape index (κ2) is 19.9. The SMILES string of the molecule is CNC(=O)/C(=N/OC)c1ccccc1CO/N=C(C)/C(=N/OC)C(/C)=N/OC.Cc1ccc(N(SC(F)(Cl)Cl)S(=O)(=O)N(C)C)cc1. The second-order valence-corrected chi connectivity index (χ2v) is 14.2. The van der Waals surface area contributed by atoms with Gasteiger partial charge in [0.2, 0.25) is 0 Å². The lowest BCUT2D eigenvalue weighted by Gasteiger charge is -2.27. The van der Waals surface area contributed by atoms with E-state index in [1.54, 1.807) is 56.3 Å². The van der Waals surface area contributed by atoms with Crippen LogP contribution in [0.25, 0.3) is 0 Å². The van der Waals surface area contributed by atoms with Crippen LogP contribution in [0.2, 0.25) is 0 Å². The maximum absolute atomic E-state index is 13.4. The van der Waals surface area contributed by atoms with E-state index in [-0.39, 0.29) is 35.9 Å². The van der Waals surface area contributed by atoms with Gasteiger partial charge in [-0.25, -0.2) is 0 Å². The molecule has 47 heavy (non-hydrogen) atoms. The van der Waals surface area contributed by atoms with E-state index < -0.39 is 14.1 Å². The molecule has 19 heteroatoms. The minimum Gasteiger partial charge on any atom is -0.399 e. The van der Waals surface area contributed by atoms with Crippen LogP contribution < -0.4 is 9.03 Å². The van der Waals surface area contributed by atoms with Crippen molar-refractivity contribution in [3.63, 3.8) is 0 Å². The first kappa shape index (κ1) is 41.4. The lowest BCUT2D eigenvalue weighted by Crippen LogP contribution is -2.37. The summed E-state index contributed by atoms with van der Waals surface area (Å²) >= 11 is 10.7. The first-order valence-electron chi connectivity index (χ1n) is 13.4. The molecule has 0 spiro atoms. The van der Waals surface area contributed by atoms with Crippen LogP contribution in [0.1, 0.15) is 30.5 Å². The van der Waals surface area contributed by atoms with Crippen molar-refractivity contribution >= 4 is 79.8 Å². The molecule has 2 aromatic rings. The Bertz CT molecular complexity index is 1550. The van der Waals surface area contributed by atoms with Crippen molar-refractivity contribution in [2.75, 3.05) is 46.2 Å². The standard InChI is InChI=1S/C18H25N5O5.C10H13Cl2FN2O2S2/c1-12(20-25-4)16(22-26-5)13(2)21-28-11-14-9-7-8-10-15(14)17(23-27-6)18(24)19-3;1-8-4-6-9(7-5-8)15(18-10(11,12)13)19(16,17)14(2)3/h7-10H,11H2,1-6H3,(H,19,24);4-7H,1-3H3/b20-12+,21-13+,22-16+,23-17+;. The first-order chi connectivity index (χ1) is 22.0. The number of carbonyl (C=O) groups excluding carboxylic acids is 1. The molecule has 0 radical (unpaired) electrons. The van der Waals surface area contributed by atoms with Gasteiger partial charge in [0.15, 0.2) is 11.4 Å². The molecule has 0 aromatic heterocycles. The zero-order valence-corrected chi connectivity index (χ0v) is 30.5. The first-order valence-corrected chi connectivity index (χ1v) is 16.3. The molecule has 0 aliphatic carbocycles. The summed E-state index contributed by atoms with van der Waals surface area (Å²) in [6.07, 6.45) is 0. The molecule has 2 rings (SSSR count). The molecule has 2 aromatic carbocycles. The fourth-order valence-corrected chi connectivity index (χ4v) is 6.19. The molecule has 0 bridgehead atoms. The number of alkyl halides is 3. The topological polar surface area (TPSA) is 156 Å². The van der Waals surface area contributed by atoms with Crippen LogP contribution in [0.5, 0.6) is 0 Å². The van der Waals surface area contributed by atoms with Crippen molar-refractivity contribution in [3.8, 4) is 0 Å². The lowest BCUT2D eigenvalue weighted by atomic mass is 10.0. The Morgan fingerprint density at radius 3 is 2.00 bits per heavy atom. The number of halogens is 3. The Kier molecular flexibility index (Phi) is 17.5. The number of aryl methyl sites for hydroxylation is 1. The van der Waals surface area contributed by atoms with E-state index in [2.05, 4.69) is 25.9 Å². The molecule has 0 atom stereocenters. The van der Waals surface area contributed by atoms with Crippen molar-refractivity contribution in [2.45, 2.75) is 31.3 Å². The third kappa shape index (κ3) is 13.6. The van der Waals surface area contributed by atoms with Crippen molar-refractivity contribution in [1.29, 1.82) is 0 Å². The summed E-state index contributed by atoms with van der Waals surface area (Å²) in [4.78, 5) is 31.9. The Morgan fingerprint density at radius 2 is 1.49 bits per heavy atom. The maximum atomic E-state index is 13.4. The second-order valence-electron chi connectivity index (χ2n) is 9.18. The molecule has 0 fully saturated rings. The van der Waals surface area contributed by atoms with E-state index in [0.29, 0.717) is 28.3 Å². The Labute approximate surface area is 288 Å². The van der Waals surface area contributed by atoms with Crippen LogP contribution in [-0.4, -0.2) is 87.9 Å². The molecule has 260 valence electrons. The Morgan fingerprint density at radius 1 is 0.936 bits per heavy atom. The summed E-state index contributed by atoms with van der Waals surface area (Å²) < 4.78 is 36.6. The average Bonchev–Trinajstić information content (AvgIpc) is 3.01. The fourth-order valence-electron chi connectivity index (χ4n) is 3.35. The summed E-state index contributed by atoms with van der Waals surface area (Å²) in [6.45, 7) is 5.34. The zero-order valence-electron chi connectivity index (χ0n) is 27.3. The lowest BCUT2D eigenvalue weighted by molar-refractivity contribution is -0.114. The van der Waals surface area contributed by atoms with E-state index >= 15 is 0 Å². The molecule has 0 heterocycles. The molecule has 0 aliphatic heterocycles. The number of likely N-dealkylation sites (N-methyl/N-ethyl adjacent to an activating group) is 1. The number of rotatable bonds is 15. The highest BCUT2D eigenvalue weighted by Gasteiger charge is 2.36. The summed E-state index contributed by atoms with van der Waals surface area (Å²) in [6, 6.07) is 13.7. The van der Waals surface area contributed by atoms with Crippen molar-refractivity contribution in [2.24, 2.45) is 20.6 Å². The predicted octanol–water partition coefficient (Wildman–Crippen LogP) is 5.01. The monoisotopic (exact) mass is 737 g/mol. The quantitative estimate of drug-likeness (QED) is 0.116. The van der Waals surface area contributed by atoms with Gasteiger partial charge in [0.05, 0.1) is 5.69 Å². The number of anilines is 1. The van der Waals surface area contributed by atoms with Crippen LogP contribution >= 0.6 is 35.1 Å². The van der Waals surface area contributed by atoms with E-state index in [1.807, 2.05) is 13.0 Å². The molecule has 14 nitrogen and oxygen atoms in total. The summed E-state index contributed by atoms with van der Waals surface area (Å²) in [5.74, 6) is -0.380. The van der Waals surface area contributed by atoms with Gasteiger partial charge < -0.3 is 24.7 Å². The molecule has 1 N–H and O–H groups in total. The van der Waals surface area contributed by atoms with Crippen LogP contribution in [0.15, 0.2) is 69.2 Å². The minimum absolute atomic E-state index is 0.0912. The molecule has 0 saturated carbocycles. The summed E-state index contributed by atoms with van der Waals surface area (Å²) in [5, 5.41) is 18.1. The average molecular weight is 739 g/mol. The number of nitrogens with zero attached hydrogens (tertiary/aromatic N) is 6. The van der Waals surface area contributed by atoms with Crippen LogP contribution in [-0.2, 0) is 41.0 Å². The van der Waals surface area contributed by atoms with E-state index in [0.717, 1.165) is 13.6 Å². The summed E-state index contributed by atoms with van der Waals surface area (Å²) in [5.41, 5.74) is 3.90. The number of benzene rings is 2.